The van der Waals surface area contributed by atoms with Gasteiger partial charge in [0.05, 0.1) is 19.1 Å². The molecule has 1 aromatic rings. The number of rotatable bonds is 3. The Morgan fingerprint density at radius 1 is 1.36 bits per heavy atom. The lowest BCUT2D eigenvalue weighted by molar-refractivity contribution is -0.104. The third-order valence-electron chi connectivity index (χ3n) is 6.38. The highest BCUT2D eigenvalue weighted by atomic mass is 32.1. The van der Waals surface area contributed by atoms with Crippen molar-refractivity contribution in [2.45, 2.75) is 68.3 Å². The Kier molecular flexibility index (Phi) is 4.59. The highest BCUT2D eigenvalue weighted by Crippen LogP contribution is 2.56. The lowest BCUT2D eigenvalue weighted by Crippen LogP contribution is -2.68. The molecule has 134 valence electrons. The highest BCUT2D eigenvalue weighted by molar-refractivity contribution is 7.80. The molecule has 3 fully saturated rings. The van der Waals surface area contributed by atoms with Crippen molar-refractivity contribution in [2.75, 3.05) is 11.9 Å². The van der Waals surface area contributed by atoms with Gasteiger partial charge in [-0.3, -0.25) is 0 Å². The Hall–Kier alpha value is -0.695. The fraction of sp³-hybridized carbons (Fsp3) is 0.765. The molecule has 0 aliphatic heterocycles. The molecule has 2 bridgehead atoms. The molecule has 1 heterocycles. The van der Waals surface area contributed by atoms with Gasteiger partial charge in [-0.2, -0.15) is 0 Å². The summed E-state index contributed by atoms with van der Waals surface area (Å²) >= 11 is 7.09. The maximum Gasteiger partial charge on any atom is 0.189 e. The first kappa shape index (κ1) is 17.7. The summed E-state index contributed by atoms with van der Waals surface area (Å²) in [5.41, 5.74) is 6.55. The summed E-state index contributed by atoms with van der Waals surface area (Å²) in [6.07, 6.45) is 8.29. The molecule has 5 N–H and O–H groups in total. The normalized spacial score (nSPS) is 36.7. The Morgan fingerprint density at radius 3 is 2.80 bits per heavy atom. The van der Waals surface area contributed by atoms with Crippen molar-refractivity contribution >= 4 is 41.6 Å². The summed E-state index contributed by atoms with van der Waals surface area (Å²) in [5.74, 6) is 0.190. The second kappa shape index (κ2) is 6.48. The van der Waals surface area contributed by atoms with E-state index in [4.69, 9.17) is 25.8 Å². The number of aliphatic hydroxyl groups is 1. The Bertz CT molecular complexity index is 650. The standard InChI is InChI=1S/C17H25BN4OS2/c18-16-7-5-10(6-8-16)17(23,13(16)19)9-20-14(24)22-15-21-11-3-1-2-4-12(11)25-15/h10,13,23H,1-9,19H2,(H2,20,21,22,24). The second-order valence-corrected chi connectivity index (χ2v) is 9.37. The van der Waals surface area contributed by atoms with E-state index in [0.29, 0.717) is 11.7 Å². The van der Waals surface area contributed by atoms with Gasteiger partial charge >= 0.3 is 0 Å². The van der Waals surface area contributed by atoms with Gasteiger partial charge in [-0.05, 0) is 62.0 Å². The van der Waals surface area contributed by atoms with Crippen LogP contribution >= 0.6 is 23.6 Å². The van der Waals surface area contributed by atoms with Crippen LogP contribution in [0.5, 0.6) is 0 Å². The van der Waals surface area contributed by atoms with Gasteiger partial charge < -0.3 is 21.5 Å². The van der Waals surface area contributed by atoms with Crippen LogP contribution in [0.2, 0.25) is 5.31 Å². The largest absolute Gasteiger partial charge is 0.386 e. The first-order chi connectivity index (χ1) is 11.9. The van der Waals surface area contributed by atoms with Gasteiger partial charge in [0.1, 0.15) is 0 Å². The molecule has 2 radical (unpaired) electrons. The van der Waals surface area contributed by atoms with Crippen molar-refractivity contribution in [2.24, 2.45) is 11.7 Å². The zero-order valence-corrected chi connectivity index (χ0v) is 16.0. The third-order valence-corrected chi connectivity index (χ3v) is 7.70. The van der Waals surface area contributed by atoms with Gasteiger partial charge in [0.2, 0.25) is 0 Å². The smallest absolute Gasteiger partial charge is 0.189 e. The number of nitrogens with two attached hydrogens (primary N) is 1. The molecular weight excluding hydrogens is 351 g/mol. The third kappa shape index (κ3) is 3.11. The molecular formula is C17H25BN4OS2. The van der Waals surface area contributed by atoms with E-state index in [2.05, 4.69) is 15.6 Å². The Balaban J connectivity index is 1.38. The van der Waals surface area contributed by atoms with Crippen molar-refractivity contribution < 1.29 is 5.11 Å². The zero-order chi connectivity index (χ0) is 17.7. The molecule has 0 saturated heterocycles. The van der Waals surface area contributed by atoms with Crippen LogP contribution < -0.4 is 16.4 Å². The van der Waals surface area contributed by atoms with Crippen LogP contribution in [0.25, 0.3) is 0 Å². The molecule has 1 aromatic heterocycles. The highest BCUT2D eigenvalue weighted by Gasteiger charge is 2.56. The molecule has 0 spiro atoms. The summed E-state index contributed by atoms with van der Waals surface area (Å²) < 4.78 is 0. The first-order valence-electron chi connectivity index (χ1n) is 9.21. The minimum absolute atomic E-state index is 0.190. The Morgan fingerprint density at radius 2 is 2.08 bits per heavy atom. The predicted octanol–water partition coefficient (Wildman–Crippen LogP) is 1.90. The average Bonchev–Trinajstić information content (AvgIpc) is 3.00. The van der Waals surface area contributed by atoms with Crippen molar-refractivity contribution in [3.63, 3.8) is 0 Å². The minimum Gasteiger partial charge on any atom is -0.386 e. The van der Waals surface area contributed by atoms with Crippen LogP contribution in [0.1, 0.15) is 49.1 Å². The first-order valence-corrected chi connectivity index (χ1v) is 10.4. The fourth-order valence-electron chi connectivity index (χ4n) is 4.74. The molecule has 0 amide bonds. The van der Waals surface area contributed by atoms with E-state index in [1.165, 1.54) is 23.4 Å². The molecule has 2 unspecified atom stereocenters. The second-order valence-electron chi connectivity index (χ2n) is 7.88. The summed E-state index contributed by atoms with van der Waals surface area (Å²) in [4.78, 5) is 6.01. The van der Waals surface area contributed by atoms with Gasteiger partial charge in [-0.1, -0.05) is 12.8 Å². The van der Waals surface area contributed by atoms with E-state index in [1.54, 1.807) is 11.3 Å². The number of nitrogens with one attached hydrogen (secondary N) is 2. The fourth-order valence-corrected chi connectivity index (χ4v) is 6.03. The minimum atomic E-state index is -1.00. The van der Waals surface area contributed by atoms with Crippen molar-refractivity contribution in [1.82, 2.24) is 10.3 Å². The van der Waals surface area contributed by atoms with Crippen LogP contribution in [0.3, 0.4) is 0 Å². The SMILES string of the molecule is [B]C12CCC(CC1)C(O)(CNC(=S)Nc1nc3c(s1)CCCC3)C2N. The van der Waals surface area contributed by atoms with Gasteiger partial charge in [0.15, 0.2) is 10.2 Å². The van der Waals surface area contributed by atoms with Crippen LogP contribution in [-0.2, 0) is 12.8 Å². The quantitative estimate of drug-likeness (QED) is 0.477. The summed E-state index contributed by atoms with van der Waals surface area (Å²) in [6, 6.07) is -0.421. The number of hydrogen-bond acceptors (Lipinski definition) is 5. The maximum atomic E-state index is 11.2. The van der Waals surface area contributed by atoms with E-state index in [-0.39, 0.29) is 5.92 Å². The van der Waals surface area contributed by atoms with E-state index < -0.39 is 17.0 Å². The number of fused-ring (bicyclic) bond motifs is 4. The molecule has 5 rings (SSSR count). The van der Waals surface area contributed by atoms with Crippen LogP contribution in [0.4, 0.5) is 5.13 Å². The zero-order valence-electron chi connectivity index (χ0n) is 14.4. The summed E-state index contributed by atoms with van der Waals surface area (Å²) in [7, 11) is 6.43. The van der Waals surface area contributed by atoms with Crippen LogP contribution in [0, 0.1) is 5.92 Å². The monoisotopic (exact) mass is 376 g/mol. The number of anilines is 1. The molecule has 25 heavy (non-hydrogen) atoms. The molecule has 4 aliphatic carbocycles. The average molecular weight is 376 g/mol. The topological polar surface area (TPSA) is 83.2 Å². The molecule has 4 aliphatic rings. The predicted molar refractivity (Wildman–Crippen MR) is 106 cm³/mol. The maximum absolute atomic E-state index is 11.2. The van der Waals surface area contributed by atoms with E-state index in [0.717, 1.165) is 43.7 Å². The van der Waals surface area contributed by atoms with Gasteiger partial charge in [-0.15, -0.1) is 11.3 Å². The molecule has 3 saturated carbocycles. The van der Waals surface area contributed by atoms with Gasteiger partial charge in [-0.25, -0.2) is 4.98 Å². The van der Waals surface area contributed by atoms with Crippen molar-refractivity contribution in [3.05, 3.63) is 10.6 Å². The molecule has 5 nitrogen and oxygen atoms in total. The van der Waals surface area contributed by atoms with E-state index in [9.17, 15) is 5.11 Å². The van der Waals surface area contributed by atoms with Gasteiger partial charge in [0, 0.05) is 17.5 Å². The molecule has 2 atom stereocenters. The lowest BCUT2D eigenvalue weighted by Gasteiger charge is -2.59. The summed E-state index contributed by atoms with van der Waals surface area (Å²) in [6.45, 7) is 0.328. The molecule has 8 heteroatoms. The van der Waals surface area contributed by atoms with Crippen LogP contribution in [-0.4, -0.2) is 41.2 Å². The van der Waals surface area contributed by atoms with Gasteiger partial charge in [0.25, 0.3) is 0 Å². The number of nitrogens with zero attached hydrogens (tertiary/aromatic N) is 1. The number of aromatic nitrogens is 1. The van der Waals surface area contributed by atoms with Crippen molar-refractivity contribution in [3.8, 4) is 0 Å². The number of thiocarbonyl (C=S) groups is 1. The molecule has 0 aromatic carbocycles. The Labute approximate surface area is 159 Å². The number of hydrogen-bond donors (Lipinski definition) is 4. The number of aryl methyl sites for hydroxylation is 2. The lowest BCUT2D eigenvalue weighted by atomic mass is 9.44. The number of thiazole rings is 1. The van der Waals surface area contributed by atoms with E-state index >= 15 is 0 Å². The van der Waals surface area contributed by atoms with Crippen LogP contribution in [0.15, 0.2) is 0 Å². The van der Waals surface area contributed by atoms with Crippen molar-refractivity contribution in [1.29, 1.82) is 0 Å². The van der Waals surface area contributed by atoms with E-state index in [1.807, 2.05) is 0 Å². The summed E-state index contributed by atoms with van der Waals surface area (Å²) in [5, 5.41) is 18.4.